The summed E-state index contributed by atoms with van der Waals surface area (Å²) in [6.07, 6.45) is 1.98. The van der Waals surface area contributed by atoms with Gasteiger partial charge in [-0.15, -0.1) is 10.2 Å². The molecule has 0 saturated carbocycles. The standard InChI is InChI=1S/C21H20N4O2/c1-14-8-10-15(11-9-14)20(26)16-5-2-3-6-17(16)21(27)22-13-19-24-23-18-7-4-12-25(18)19/h2-3,5-6,8-11H,4,7,12-13H2,1H3,(H,22,27). The summed E-state index contributed by atoms with van der Waals surface area (Å²) in [6, 6.07) is 14.2. The molecule has 0 aliphatic carbocycles. The van der Waals surface area contributed by atoms with Gasteiger partial charge in [-0.2, -0.15) is 0 Å². The first-order valence-corrected chi connectivity index (χ1v) is 9.03. The number of rotatable bonds is 5. The predicted molar refractivity (Wildman–Crippen MR) is 101 cm³/mol. The van der Waals surface area contributed by atoms with Crippen molar-refractivity contribution in [3.05, 3.63) is 82.4 Å². The van der Waals surface area contributed by atoms with Crippen molar-refractivity contribution < 1.29 is 9.59 Å². The molecule has 4 rings (SSSR count). The monoisotopic (exact) mass is 360 g/mol. The first kappa shape index (κ1) is 17.1. The van der Waals surface area contributed by atoms with E-state index in [4.69, 9.17) is 0 Å². The molecule has 6 heteroatoms. The van der Waals surface area contributed by atoms with E-state index in [1.165, 1.54) is 0 Å². The zero-order valence-electron chi connectivity index (χ0n) is 15.1. The molecule has 0 fully saturated rings. The summed E-state index contributed by atoms with van der Waals surface area (Å²) < 4.78 is 2.05. The second kappa shape index (κ2) is 7.15. The Morgan fingerprint density at radius 3 is 2.56 bits per heavy atom. The average Bonchev–Trinajstić information content (AvgIpc) is 3.30. The molecule has 0 radical (unpaired) electrons. The number of carbonyl (C=O) groups excluding carboxylic acids is 2. The Labute approximate surface area is 157 Å². The van der Waals surface area contributed by atoms with Crippen LogP contribution in [0.15, 0.2) is 48.5 Å². The number of nitrogens with zero attached hydrogens (tertiary/aromatic N) is 3. The van der Waals surface area contributed by atoms with Crippen molar-refractivity contribution in [2.24, 2.45) is 0 Å². The van der Waals surface area contributed by atoms with E-state index in [0.29, 0.717) is 23.2 Å². The number of ketones is 1. The van der Waals surface area contributed by atoms with E-state index in [1.807, 2.05) is 23.6 Å². The number of nitrogens with one attached hydrogen (secondary N) is 1. The third-order valence-electron chi connectivity index (χ3n) is 4.82. The van der Waals surface area contributed by atoms with Crippen LogP contribution in [0.4, 0.5) is 0 Å². The number of fused-ring (bicyclic) bond motifs is 1. The number of hydrogen-bond donors (Lipinski definition) is 1. The lowest BCUT2D eigenvalue weighted by Crippen LogP contribution is -2.26. The molecule has 1 aromatic heterocycles. The molecule has 1 amide bonds. The maximum absolute atomic E-state index is 12.9. The first-order valence-electron chi connectivity index (χ1n) is 9.03. The second-order valence-electron chi connectivity index (χ2n) is 6.71. The highest BCUT2D eigenvalue weighted by Gasteiger charge is 2.20. The fourth-order valence-corrected chi connectivity index (χ4v) is 3.34. The van der Waals surface area contributed by atoms with Gasteiger partial charge in [-0.1, -0.05) is 48.0 Å². The maximum Gasteiger partial charge on any atom is 0.252 e. The highest BCUT2D eigenvalue weighted by molar-refractivity contribution is 6.15. The number of carbonyl (C=O) groups is 2. The van der Waals surface area contributed by atoms with Gasteiger partial charge in [0, 0.05) is 24.1 Å². The Hall–Kier alpha value is -3.28. The predicted octanol–water partition coefficient (Wildman–Crippen LogP) is 2.69. The molecule has 3 aromatic rings. The molecule has 6 nitrogen and oxygen atoms in total. The van der Waals surface area contributed by atoms with E-state index in [0.717, 1.165) is 36.6 Å². The van der Waals surface area contributed by atoms with E-state index in [-0.39, 0.29) is 11.7 Å². The number of hydrogen-bond acceptors (Lipinski definition) is 4. The van der Waals surface area contributed by atoms with Crippen LogP contribution in [-0.2, 0) is 19.5 Å². The van der Waals surface area contributed by atoms with Gasteiger partial charge in [0.05, 0.1) is 12.1 Å². The molecule has 0 unspecified atom stereocenters. The minimum Gasteiger partial charge on any atom is -0.345 e. The zero-order chi connectivity index (χ0) is 18.8. The fourth-order valence-electron chi connectivity index (χ4n) is 3.34. The molecule has 1 N–H and O–H groups in total. The average molecular weight is 360 g/mol. The van der Waals surface area contributed by atoms with Gasteiger partial charge in [0.1, 0.15) is 5.82 Å². The molecule has 27 heavy (non-hydrogen) atoms. The van der Waals surface area contributed by atoms with E-state index in [1.54, 1.807) is 36.4 Å². The van der Waals surface area contributed by atoms with Crippen LogP contribution >= 0.6 is 0 Å². The lowest BCUT2D eigenvalue weighted by molar-refractivity contribution is 0.0938. The van der Waals surface area contributed by atoms with Gasteiger partial charge in [0.2, 0.25) is 0 Å². The van der Waals surface area contributed by atoms with E-state index in [9.17, 15) is 9.59 Å². The Balaban J connectivity index is 1.54. The van der Waals surface area contributed by atoms with Crippen molar-refractivity contribution in [3.8, 4) is 0 Å². The largest absolute Gasteiger partial charge is 0.345 e. The Morgan fingerprint density at radius 1 is 1.04 bits per heavy atom. The van der Waals surface area contributed by atoms with Crippen molar-refractivity contribution in [3.63, 3.8) is 0 Å². The normalized spacial score (nSPS) is 12.6. The summed E-state index contributed by atoms with van der Waals surface area (Å²) in [4.78, 5) is 25.6. The van der Waals surface area contributed by atoms with Crippen LogP contribution in [0.3, 0.4) is 0 Å². The van der Waals surface area contributed by atoms with Crippen LogP contribution in [-0.4, -0.2) is 26.5 Å². The minimum absolute atomic E-state index is 0.163. The SMILES string of the molecule is Cc1ccc(C(=O)c2ccccc2C(=O)NCc2nnc3n2CCC3)cc1. The molecule has 0 spiro atoms. The van der Waals surface area contributed by atoms with Gasteiger partial charge in [0.15, 0.2) is 11.6 Å². The van der Waals surface area contributed by atoms with E-state index < -0.39 is 0 Å². The highest BCUT2D eigenvalue weighted by Crippen LogP contribution is 2.17. The summed E-state index contributed by atoms with van der Waals surface area (Å²) >= 11 is 0. The quantitative estimate of drug-likeness (QED) is 0.710. The molecule has 0 atom stereocenters. The zero-order valence-corrected chi connectivity index (χ0v) is 15.1. The molecule has 1 aliphatic heterocycles. The topological polar surface area (TPSA) is 76.9 Å². The Bertz CT molecular complexity index is 1010. The van der Waals surface area contributed by atoms with Gasteiger partial charge in [0.25, 0.3) is 5.91 Å². The molecule has 2 heterocycles. The van der Waals surface area contributed by atoms with E-state index in [2.05, 4.69) is 15.5 Å². The van der Waals surface area contributed by atoms with Crippen LogP contribution < -0.4 is 5.32 Å². The summed E-state index contributed by atoms with van der Waals surface area (Å²) in [6.45, 7) is 3.14. The highest BCUT2D eigenvalue weighted by atomic mass is 16.2. The van der Waals surface area contributed by atoms with Crippen LogP contribution in [0.1, 0.15) is 49.9 Å². The summed E-state index contributed by atoms with van der Waals surface area (Å²) in [7, 11) is 0. The Kier molecular flexibility index (Phi) is 4.54. The Morgan fingerprint density at radius 2 is 1.78 bits per heavy atom. The van der Waals surface area contributed by atoms with Crippen molar-refractivity contribution >= 4 is 11.7 Å². The number of benzene rings is 2. The first-order chi connectivity index (χ1) is 13.1. The number of aryl methyl sites for hydroxylation is 2. The molecule has 1 aliphatic rings. The molecule has 0 bridgehead atoms. The van der Waals surface area contributed by atoms with Crippen molar-refractivity contribution in [2.45, 2.75) is 32.9 Å². The van der Waals surface area contributed by atoms with Crippen molar-refractivity contribution in [1.82, 2.24) is 20.1 Å². The lowest BCUT2D eigenvalue weighted by atomic mass is 9.97. The summed E-state index contributed by atoms with van der Waals surface area (Å²) in [5, 5.41) is 11.2. The molecule has 0 saturated heterocycles. The smallest absolute Gasteiger partial charge is 0.252 e. The lowest BCUT2D eigenvalue weighted by Gasteiger charge is -2.10. The molecular weight excluding hydrogens is 340 g/mol. The summed E-state index contributed by atoms with van der Waals surface area (Å²) in [5.74, 6) is 1.26. The van der Waals surface area contributed by atoms with Gasteiger partial charge >= 0.3 is 0 Å². The van der Waals surface area contributed by atoms with Crippen LogP contribution in [0.2, 0.25) is 0 Å². The molecule has 2 aromatic carbocycles. The van der Waals surface area contributed by atoms with Crippen LogP contribution in [0.5, 0.6) is 0 Å². The van der Waals surface area contributed by atoms with Crippen molar-refractivity contribution in [1.29, 1.82) is 0 Å². The van der Waals surface area contributed by atoms with Gasteiger partial charge in [-0.3, -0.25) is 9.59 Å². The van der Waals surface area contributed by atoms with Gasteiger partial charge in [-0.25, -0.2) is 0 Å². The maximum atomic E-state index is 12.9. The fraction of sp³-hybridized carbons (Fsp3) is 0.238. The molecule has 136 valence electrons. The number of aromatic nitrogens is 3. The second-order valence-corrected chi connectivity index (χ2v) is 6.71. The van der Waals surface area contributed by atoms with Gasteiger partial charge < -0.3 is 9.88 Å². The molecular formula is C21H20N4O2. The third-order valence-corrected chi connectivity index (χ3v) is 4.82. The van der Waals surface area contributed by atoms with Crippen molar-refractivity contribution in [2.75, 3.05) is 0 Å². The summed E-state index contributed by atoms with van der Waals surface area (Å²) in [5.41, 5.74) is 2.41. The number of amides is 1. The minimum atomic E-state index is -0.290. The van der Waals surface area contributed by atoms with E-state index >= 15 is 0 Å². The van der Waals surface area contributed by atoms with Gasteiger partial charge in [-0.05, 0) is 19.4 Å². The van der Waals surface area contributed by atoms with Crippen LogP contribution in [0.25, 0.3) is 0 Å². The third kappa shape index (κ3) is 3.38. The van der Waals surface area contributed by atoms with Crippen LogP contribution in [0, 0.1) is 6.92 Å².